The molecule has 6 atom stereocenters. The molecule has 0 bridgehead atoms. The van der Waals surface area contributed by atoms with Gasteiger partial charge in [0, 0.05) is 24.9 Å². The number of rotatable bonds is 10. The molecule has 0 radical (unpaired) electrons. The lowest BCUT2D eigenvalue weighted by atomic mass is 9.89. The minimum atomic E-state index is -0.865. The van der Waals surface area contributed by atoms with Crippen molar-refractivity contribution in [2.75, 3.05) is 13.1 Å². The molecule has 2 heterocycles. The molecule has 3 saturated carbocycles. The Hall–Kier alpha value is -2.71. The Morgan fingerprint density at radius 1 is 1.11 bits per heavy atom. The lowest BCUT2D eigenvalue weighted by Gasteiger charge is -2.34. The number of hydrogen-bond donors (Lipinski definition) is 3. The molecule has 0 aromatic heterocycles. The van der Waals surface area contributed by atoms with Crippen molar-refractivity contribution in [3.05, 3.63) is 12.7 Å². The summed E-state index contributed by atoms with van der Waals surface area (Å²) in [6, 6.07) is -2.15. The normalized spacial score (nSPS) is 31.9. The molecule has 0 aromatic carbocycles. The number of carbonyl (C=O) groups excluding carboxylic acids is 5. The minimum absolute atomic E-state index is 0.00195. The molecule has 5 fully saturated rings. The summed E-state index contributed by atoms with van der Waals surface area (Å²) < 4.78 is 0. The van der Waals surface area contributed by atoms with Crippen molar-refractivity contribution in [3.63, 3.8) is 0 Å². The Kier molecular flexibility index (Phi) is 6.45. The van der Waals surface area contributed by atoms with Crippen LogP contribution >= 0.6 is 0 Å². The molecule has 2 saturated heterocycles. The van der Waals surface area contributed by atoms with Gasteiger partial charge in [0.2, 0.25) is 23.6 Å². The van der Waals surface area contributed by atoms with Crippen LogP contribution in [0.1, 0.15) is 58.8 Å². The van der Waals surface area contributed by atoms with E-state index in [1.807, 2.05) is 0 Å². The maximum atomic E-state index is 13.7. The van der Waals surface area contributed by atoms with Crippen molar-refractivity contribution < 1.29 is 24.0 Å². The second-order valence-corrected chi connectivity index (χ2v) is 12.0. The van der Waals surface area contributed by atoms with E-state index in [0.29, 0.717) is 19.5 Å². The number of carbonyl (C=O) groups is 5. The van der Waals surface area contributed by atoms with Gasteiger partial charge >= 0.3 is 0 Å². The van der Waals surface area contributed by atoms with Gasteiger partial charge in [-0.1, -0.05) is 20.4 Å². The predicted octanol–water partition coefficient (Wildman–Crippen LogP) is 0.930. The fraction of sp³-hybridized carbons (Fsp3) is 0.741. The number of nitrogens with zero attached hydrogens (tertiary/aromatic N) is 1. The van der Waals surface area contributed by atoms with Gasteiger partial charge in [0.1, 0.15) is 12.1 Å². The van der Waals surface area contributed by atoms with E-state index in [9.17, 15) is 24.0 Å². The van der Waals surface area contributed by atoms with E-state index in [1.54, 1.807) is 4.90 Å². The van der Waals surface area contributed by atoms with Gasteiger partial charge in [-0.25, -0.2) is 0 Å². The van der Waals surface area contributed by atoms with Crippen LogP contribution < -0.4 is 16.0 Å². The van der Waals surface area contributed by atoms with Crippen LogP contribution in [0.5, 0.6) is 0 Å². The summed E-state index contributed by atoms with van der Waals surface area (Å²) in [6.07, 6.45) is 6.40. The van der Waals surface area contributed by atoms with Gasteiger partial charge in [0.15, 0.2) is 5.78 Å². The van der Waals surface area contributed by atoms with Crippen LogP contribution in [0.25, 0.3) is 0 Å². The van der Waals surface area contributed by atoms with Gasteiger partial charge in [-0.15, -0.1) is 0 Å². The van der Waals surface area contributed by atoms with E-state index in [4.69, 9.17) is 0 Å². The first-order valence-electron chi connectivity index (χ1n) is 13.5. The van der Waals surface area contributed by atoms with Crippen LogP contribution in [0.2, 0.25) is 0 Å². The van der Waals surface area contributed by atoms with E-state index in [2.05, 4.69) is 36.4 Å². The van der Waals surface area contributed by atoms with E-state index >= 15 is 0 Å². The van der Waals surface area contributed by atoms with E-state index in [-0.39, 0.29) is 70.8 Å². The molecule has 5 aliphatic rings. The van der Waals surface area contributed by atoms with Crippen molar-refractivity contribution >= 4 is 29.4 Å². The Morgan fingerprint density at radius 2 is 1.83 bits per heavy atom. The van der Waals surface area contributed by atoms with E-state index in [1.165, 1.54) is 6.08 Å². The largest absolute Gasteiger partial charge is 0.356 e. The highest BCUT2D eigenvalue weighted by Gasteiger charge is 2.70. The smallest absolute Gasteiger partial charge is 0.246 e. The molecule has 36 heavy (non-hydrogen) atoms. The van der Waals surface area contributed by atoms with Crippen LogP contribution in [-0.4, -0.2) is 65.5 Å². The summed E-state index contributed by atoms with van der Waals surface area (Å²) in [5.41, 5.74) is -0.0771. The summed E-state index contributed by atoms with van der Waals surface area (Å²) in [5.74, 6) is -1.07. The number of ketones is 1. The van der Waals surface area contributed by atoms with Gasteiger partial charge in [-0.05, 0) is 74.2 Å². The molecule has 9 nitrogen and oxygen atoms in total. The number of piperidine rings is 2. The Labute approximate surface area is 212 Å². The Morgan fingerprint density at radius 3 is 2.44 bits per heavy atom. The zero-order valence-electron chi connectivity index (χ0n) is 21.3. The maximum Gasteiger partial charge on any atom is 0.246 e. The van der Waals surface area contributed by atoms with Crippen molar-refractivity contribution in [2.24, 2.45) is 35.0 Å². The molecule has 0 spiro atoms. The van der Waals surface area contributed by atoms with Crippen molar-refractivity contribution in [2.45, 2.75) is 76.9 Å². The summed E-state index contributed by atoms with van der Waals surface area (Å²) in [4.78, 5) is 66.6. The fourth-order valence-corrected chi connectivity index (χ4v) is 6.41. The first kappa shape index (κ1) is 25.0. The molecule has 0 aromatic rings. The quantitative estimate of drug-likeness (QED) is 0.387. The Bertz CT molecular complexity index is 985. The average molecular weight is 499 g/mol. The van der Waals surface area contributed by atoms with E-state index < -0.39 is 18.1 Å². The first-order valence-corrected chi connectivity index (χ1v) is 13.5. The average Bonchev–Trinajstić information content (AvgIpc) is 3.77. The first-order chi connectivity index (χ1) is 17.1. The third-order valence-corrected chi connectivity index (χ3v) is 9.15. The highest BCUT2D eigenvalue weighted by Crippen LogP contribution is 2.65. The van der Waals surface area contributed by atoms with Crippen molar-refractivity contribution in [3.8, 4) is 0 Å². The SMILES string of the molecule is C=CC(=O)[C@H](C[C@@H]1CCCNC1=O)NC(=O)[C@@H]1[C@@H]2[C@H](CN1C(=O)[C@@H](NC(=O)C1CC1)C1CC1)C2(C)C. The van der Waals surface area contributed by atoms with Crippen molar-refractivity contribution in [1.82, 2.24) is 20.9 Å². The third kappa shape index (κ3) is 4.68. The van der Waals surface area contributed by atoms with Crippen LogP contribution in [0.4, 0.5) is 0 Å². The number of amides is 4. The number of fused-ring (bicyclic) bond motifs is 1. The van der Waals surface area contributed by atoms with Crippen LogP contribution in [-0.2, 0) is 24.0 Å². The highest BCUT2D eigenvalue weighted by molar-refractivity contribution is 5.99. The molecule has 3 N–H and O–H groups in total. The lowest BCUT2D eigenvalue weighted by Crippen LogP contribution is -2.58. The molecular weight excluding hydrogens is 460 g/mol. The number of hydrogen-bond acceptors (Lipinski definition) is 5. The molecule has 0 unspecified atom stereocenters. The van der Waals surface area contributed by atoms with Crippen LogP contribution in [0.3, 0.4) is 0 Å². The highest BCUT2D eigenvalue weighted by atomic mass is 16.2. The van der Waals surface area contributed by atoms with Gasteiger partial charge < -0.3 is 20.9 Å². The van der Waals surface area contributed by atoms with Crippen LogP contribution in [0.15, 0.2) is 12.7 Å². The second-order valence-electron chi connectivity index (χ2n) is 12.0. The standard InChI is InChI=1S/C27H38N4O5/c1-4-19(32)18(12-16-6-5-11-28-23(16)33)29-25(35)22-20-17(27(20,2)3)13-31(22)26(36)21(14-7-8-14)30-24(34)15-9-10-15/h4,14-18,20-22H,1,5-13H2,2-3H3,(H,28,33)(H,29,35)(H,30,34)/t16-,17-,18-,20-,21-,22-/m0/s1. The van der Waals surface area contributed by atoms with E-state index in [0.717, 1.165) is 32.1 Å². The monoisotopic (exact) mass is 498 g/mol. The summed E-state index contributed by atoms with van der Waals surface area (Å²) in [6.45, 7) is 8.89. The number of nitrogens with one attached hydrogen (secondary N) is 3. The molecule has 3 aliphatic carbocycles. The van der Waals surface area contributed by atoms with Crippen molar-refractivity contribution in [1.29, 1.82) is 0 Å². The fourth-order valence-electron chi connectivity index (χ4n) is 6.41. The third-order valence-electron chi connectivity index (χ3n) is 9.15. The zero-order valence-corrected chi connectivity index (χ0v) is 21.3. The zero-order chi connectivity index (χ0) is 25.8. The molecule has 2 aliphatic heterocycles. The Balaban J connectivity index is 1.32. The summed E-state index contributed by atoms with van der Waals surface area (Å²) in [7, 11) is 0. The molecule has 5 rings (SSSR count). The van der Waals surface area contributed by atoms with Crippen LogP contribution in [0, 0.1) is 35.0 Å². The topological polar surface area (TPSA) is 125 Å². The van der Waals surface area contributed by atoms with Gasteiger partial charge in [-0.2, -0.15) is 0 Å². The predicted molar refractivity (Wildman–Crippen MR) is 131 cm³/mol. The second kappa shape index (κ2) is 9.30. The molecule has 9 heteroatoms. The summed E-state index contributed by atoms with van der Waals surface area (Å²) >= 11 is 0. The minimum Gasteiger partial charge on any atom is -0.356 e. The summed E-state index contributed by atoms with van der Waals surface area (Å²) in [5, 5.41) is 8.70. The molecule has 196 valence electrons. The maximum absolute atomic E-state index is 13.7. The molecular formula is C27H38N4O5. The number of likely N-dealkylation sites (tertiary alicyclic amines) is 1. The van der Waals surface area contributed by atoms with Gasteiger partial charge in [0.25, 0.3) is 0 Å². The van der Waals surface area contributed by atoms with Gasteiger partial charge in [-0.3, -0.25) is 24.0 Å². The lowest BCUT2D eigenvalue weighted by molar-refractivity contribution is -0.144. The molecule has 4 amide bonds. The van der Waals surface area contributed by atoms with Gasteiger partial charge in [0.05, 0.1) is 6.04 Å².